The minimum absolute atomic E-state index is 0.142. The van der Waals surface area contributed by atoms with Gasteiger partial charge in [-0.1, -0.05) is 109 Å². The van der Waals surface area contributed by atoms with E-state index in [9.17, 15) is 0 Å². The molecule has 0 radical (unpaired) electrons. The number of nitrogens with two attached hydrogens (primary N) is 1. The molecule has 0 atom stereocenters. The van der Waals surface area contributed by atoms with Gasteiger partial charge in [-0.15, -0.1) is 0 Å². The lowest BCUT2D eigenvalue weighted by Gasteiger charge is -2.12. The first-order chi connectivity index (χ1) is 24.6. The van der Waals surface area contributed by atoms with E-state index in [0.29, 0.717) is 27.1 Å². The number of halogens is 1. The van der Waals surface area contributed by atoms with Crippen LogP contribution in [0.15, 0.2) is 146 Å². The van der Waals surface area contributed by atoms with Crippen molar-refractivity contribution in [2.75, 3.05) is 5.73 Å². The molecule has 8 rings (SSSR count). The number of hydrogen-bond donors (Lipinski definition) is 1. The molecule has 0 aliphatic carbocycles. The van der Waals surface area contributed by atoms with Crippen LogP contribution in [0.1, 0.15) is 0 Å². The van der Waals surface area contributed by atoms with Crippen molar-refractivity contribution in [3.63, 3.8) is 0 Å². The molecule has 2 N–H and O–H groups in total. The summed E-state index contributed by atoms with van der Waals surface area (Å²) in [6.07, 6.45) is 3.57. The fourth-order valence-electron chi connectivity index (χ4n) is 5.73. The van der Waals surface area contributed by atoms with Crippen LogP contribution in [0, 0.1) is 3.83 Å². The molecular weight excluding hydrogens is 733 g/mol. The number of benzene rings is 4. The Morgan fingerprint density at radius 2 is 0.980 bits per heavy atom. The fraction of sp³-hybridized carbons (Fsp3) is 0. The highest BCUT2D eigenvalue weighted by Crippen LogP contribution is 2.34. The van der Waals surface area contributed by atoms with Gasteiger partial charge in [-0.25, -0.2) is 19.9 Å². The highest BCUT2D eigenvalue weighted by molar-refractivity contribution is 14.1. The number of anilines is 1. The molecule has 0 fully saturated rings. The van der Waals surface area contributed by atoms with Crippen LogP contribution >= 0.6 is 22.6 Å². The summed E-state index contributed by atoms with van der Waals surface area (Å²) in [6.45, 7) is 0. The van der Waals surface area contributed by atoms with Crippen LogP contribution in [0.3, 0.4) is 0 Å². The number of aromatic nitrogens is 8. The van der Waals surface area contributed by atoms with Crippen molar-refractivity contribution < 1.29 is 0 Å². The highest BCUT2D eigenvalue weighted by Gasteiger charge is 2.16. The van der Waals surface area contributed by atoms with Crippen LogP contribution in [-0.4, -0.2) is 39.9 Å². The molecule has 9 nitrogen and oxygen atoms in total. The number of rotatable bonds is 7. The zero-order valence-electron chi connectivity index (χ0n) is 26.4. The third kappa shape index (κ3) is 6.43. The third-order valence-electron chi connectivity index (χ3n) is 8.06. The minimum atomic E-state index is 0.142. The van der Waals surface area contributed by atoms with Crippen LogP contribution in [0.5, 0.6) is 0 Å². The van der Waals surface area contributed by atoms with Gasteiger partial charge in [0.1, 0.15) is 0 Å². The summed E-state index contributed by atoms with van der Waals surface area (Å²) in [4.78, 5) is 37.2. The van der Waals surface area contributed by atoms with E-state index >= 15 is 0 Å². The van der Waals surface area contributed by atoms with Gasteiger partial charge in [-0.05, 0) is 29.8 Å². The molecule has 0 saturated heterocycles. The summed E-state index contributed by atoms with van der Waals surface area (Å²) in [5.41, 5.74) is 15.2. The lowest BCUT2D eigenvalue weighted by Crippen LogP contribution is -2.03. The first-order valence-corrected chi connectivity index (χ1v) is 16.8. The molecule has 238 valence electrons. The SMILES string of the molecule is Nc1nc(-c2ccc(-c3cccnc3-c3cccc(-c4nc(I)nc(-c5ccccc5)n4)c3)cc2)nc(-c2ccccc2-c2ccccn2)n1. The van der Waals surface area contributed by atoms with Crippen LogP contribution in [0.25, 0.3) is 79.2 Å². The lowest BCUT2D eigenvalue weighted by molar-refractivity contribution is 1.02. The van der Waals surface area contributed by atoms with E-state index in [0.717, 1.165) is 55.9 Å². The quantitative estimate of drug-likeness (QED) is 0.159. The minimum Gasteiger partial charge on any atom is -0.368 e. The van der Waals surface area contributed by atoms with Gasteiger partial charge in [-0.3, -0.25) is 9.97 Å². The normalized spacial score (nSPS) is 11.0. The van der Waals surface area contributed by atoms with Crippen LogP contribution < -0.4 is 5.73 Å². The molecule has 50 heavy (non-hydrogen) atoms. The number of hydrogen-bond acceptors (Lipinski definition) is 9. The molecule has 0 amide bonds. The first-order valence-electron chi connectivity index (χ1n) is 15.7. The second-order valence-corrected chi connectivity index (χ2v) is 12.2. The Morgan fingerprint density at radius 3 is 1.78 bits per heavy atom. The largest absolute Gasteiger partial charge is 0.368 e. The maximum Gasteiger partial charge on any atom is 0.224 e. The van der Waals surface area contributed by atoms with Crippen LogP contribution in [-0.2, 0) is 0 Å². The summed E-state index contributed by atoms with van der Waals surface area (Å²) in [5, 5.41) is 0. The maximum absolute atomic E-state index is 6.23. The van der Waals surface area contributed by atoms with Gasteiger partial charge >= 0.3 is 0 Å². The van der Waals surface area contributed by atoms with Crippen molar-refractivity contribution in [2.24, 2.45) is 0 Å². The smallest absolute Gasteiger partial charge is 0.224 e. The Kier molecular flexibility index (Phi) is 8.49. The molecule has 0 aliphatic heterocycles. The molecular formula is C40H26IN9. The molecule has 0 aliphatic rings. The summed E-state index contributed by atoms with van der Waals surface area (Å²) in [7, 11) is 0. The molecule has 0 saturated carbocycles. The second-order valence-electron chi connectivity index (χ2n) is 11.3. The van der Waals surface area contributed by atoms with E-state index in [1.807, 2.05) is 121 Å². The number of nitrogen functional groups attached to an aromatic ring is 1. The van der Waals surface area contributed by atoms with Crippen molar-refractivity contribution in [1.29, 1.82) is 0 Å². The van der Waals surface area contributed by atoms with Crippen LogP contribution in [0.2, 0.25) is 0 Å². The first kappa shape index (κ1) is 31.0. The Balaban J connectivity index is 1.12. The Bertz CT molecular complexity index is 2460. The molecule has 8 aromatic rings. The van der Waals surface area contributed by atoms with Crippen molar-refractivity contribution in [3.8, 4) is 79.2 Å². The highest BCUT2D eigenvalue weighted by atomic mass is 127. The summed E-state index contributed by atoms with van der Waals surface area (Å²) < 4.78 is 0.625. The van der Waals surface area contributed by atoms with Gasteiger partial charge in [0.15, 0.2) is 27.1 Å². The van der Waals surface area contributed by atoms with Crippen molar-refractivity contribution in [2.45, 2.75) is 0 Å². The van der Waals surface area contributed by atoms with Gasteiger partial charge in [0.2, 0.25) is 5.95 Å². The zero-order chi connectivity index (χ0) is 33.9. The second kappa shape index (κ2) is 13.7. The maximum atomic E-state index is 6.23. The molecule has 0 unspecified atom stereocenters. The summed E-state index contributed by atoms with van der Waals surface area (Å²) in [6, 6.07) is 43.8. The molecule has 0 bridgehead atoms. The molecule has 4 heterocycles. The van der Waals surface area contributed by atoms with Crippen molar-refractivity contribution >= 4 is 28.5 Å². The van der Waals surface area contributed by atoms with Gasteiger partial charge < -0.3 is 5.73 Å². The Hall–Kier alpha value is -6.27. The van der Waals surface area contributed by atoms with E-state index < -0.39 is 0 Å². The van der Waals surface area contributed by atoms with Crippen LogP contribution in [0.4, 0.5) is 5.95 Å². The van der Waals surface area contributed by atoms with Gasteiger partial charge in [0.25, 0.3) is 0 Å². The van der Waals surface area contributed by atoms with Crippen molar-refractivity contribution in [1.82, 2.24) is 39.9 Å². The van der Waals surface area contributed by atoms with E-state index in [2.05, 4.69) is 59.6 Å². The Labute approximate surface area is 301 Å². The average molecular weight is 760 g/mol. The summed E-state index contributed by atoms with van der Waals surface area (Å²) >= 11 is 2.14. The van der Waals surface area contributed by atoms with Crippen molar-refractivity contribution in [3.05, 3.63) is 150 Å². The summed E-state index contributed by atoms with van der Waals surface area (Å²) in [5.74, 6) is 2.34. The Morgan fingerprint density at radius 1 is 0.400 bits per heavy atom. The third-order valence-corrected chi connectivity index (χ3v) is 8.54. The topological polar surface area (TPSA) is 129 Å². The van der Waals surface area contributed by atoms with E-state index in [1.165, 1.54) is 0 Å². The molecule has 0 spiro atoms. The van der Waals surface area contributed by atoms with Gasteiger partial charge in [-0.2, -0.15) is 9.97 Å². The monoisotopic (exact) mass is 759 g/mol. The number of nitrogens with zero attached hydrogens (tertiary/aromatic N) is 8. The fourth-order valence-corrected chi connectivity index (χ4v) is 6.19. The average Bonchev–Trinajstić information content (AvgIpc) is 3.18. The zero-order valence-corrected chi connectivity index (χ0v) is 28.5. The number of pyridine rings is 2. The molecule has 4 aromatic carbocycles. The molecule has 10 heteroatoms. The predicted molar refractivity (Wildman–Crippen MR) is 204 cm³/mol. The van der Waals surface area contributed by atoms with E-state index in [1.54, 1.807) is 12.4 Å². The van der Waals surface area contributed by atoms with Gasteiger partial charge in [0.05, 0.1) is 11.4 Å². The van der Waals surface area contributed by atoms with E-state index in [4.69, 9.17) is 20.7 Å². The molecule has 4 aromatic heterocycles. The van der Waals surface area contributed by atoms with E-state index in [-0.39, 0.29) is 5.95 Å². The van der Waals surface area contributed by atoms with Gasteiger partial charge in [0, 0.05) is 73.9 Å². The lowest BCUT2D eigenvalue weighted by atomic mass is 9.97. The predicted octanol–water partition coefficient (Wildman–Crippen LogP) is 8.70. The standard InChI is InChI=1S/C40H26IN9/c41-39-47-35(26-10-2-1-3-11-26)45-37(48-39)29-13-8-12-28(24-29)34-30(16-9-23-44-34)25-18-20-27(21-19-25)36-46-38(50-40(42)49-36)32-15-5-4-14-31(32)33-17-6-7-22-43-33/h1-24H,(H2,42,46,49,50).